The summed E-state index contributed by atoms with van der Waals surface area (Å²) in [5.41, 5.74) is 7.48. The van der Waals surface area contributed by atoms with Gasteiger partial charge in [-0.15, -0.1) is 0 Å². The van der Waals surface area contributed by atoms with E-state index >= 15 is 0 Å². The number of rotatable bonds is 7. The summed E-state index contributed by atoms with van der Waals surface area (Å²) in [4.78, 5) is 0. The molecule has 1 aromatic carbocycles. The van der Waals surface area contributed by atoms with Gasteiger partial charge in [0, 0.05) is 6.04 Å². The van der Waals surface area contributed by atoms with Gasteiger partial charge in [0.15, 0.2) is 0 Å². The highest BCUT2D eigenvalue weighted by Gasteiger charge is 2.23. The molecule has 0 radical (unpaired) electrons. The van der Waals surface area contributed by atoms with Crippen molar-refractivity contribution in [2.45, 2.75) is 57.9 Å². The van der Waals surface area contributed by atoms with Gasteiger partial charge in [0.05, 0.1) is 6.61 Å². The van der Waals surface area contributed by atoms with Gasteiger partial charge in [0.2, 0.25) is 0 Å². The van der Waals surface area contributed by atoms with Gasteiger partial charge < -0.3 is 10.5 Å². The lowest BCUT2D eigenvalue weighted by atomic mass is 10.0. The van der Waals surface area contributed by atoms with Crippen LogP contribution in [0.4, 0.5) is 0 Å². The predicted octanol–water partition coefficient (Wildman–Crippen LogP) is 3.93. The van der Waals surface area contributed by atoms with E-state index in [1.807, 2.05) is 0 Å². The van der Waals surface area contributed by atoms with E-state index in [0.717, 1.165) is 18.8 Å². The van der Waals surface area contributed by atoms with E-state index in [0.29, 0.717) is 12.0 Å². The van der Waals surface area contributed by atoms with E-state index in [2.05, 4.69) is 31.2 Å². The fraction of sp³-hybridized carbons (Fsp3) is 0.647. The van der Waals surface area contributed by atoms with Crippen molar-refractivity contribution in [3.63, 3.8) is 0 Å². The van der Waals surface area contributed by atoms with Crippen molar-refractivity contribution in [2.24, 2.45) is 11.7 Å². The van der Waals surface area contributed by atoms with Crippen LogP contribution in [0, 0.1) is 5.92 Å². The maximum Gasteiger partial charge on any atom is 0.119 e. The topological polar surface area (TPSA) is 35.2 Å². The minimum Gasteiger partial charge on any atom is -0.494 e. The highest BCUT2D eigenvalue weighted by Crippen LogP contribution is 2.27. The molecule has 1 fully saturated rings. The van der Waals surface area contributed by atoms with Crippen LogP contribution in [0.25, 0.3) is 0 Å². The molecule has 0 aliphatic heterocycles. The molecule has 2 atom stereocenters. The molecule has 1 aromatic rings. The fourth-order valence-electron chi connectivity index (χ4n) is 2.89. The molecular formula is C17H27NO. The first-order valence-electron chi connectivity index (χ1n) is 7.77. The third kappa shape index (κ3) is 4.54. The third-order valence-corrected chi connectivity index (χ3v) is 4.22. The van der Waals surface area contributed by atoms with Crippen LogP contribution >= 0.6 is 0 Å². The number of ether oxygens (including phenoxy) is 1. The summed E-state index contributed by atoms with van der Waals surface area (Å²) >= 11 is 0. The van der Waals surface area contributed by atoms with Gasteiger partial charge in [-0.1, -0.05) is 31.9 Å². The molecule has 106 valence electrons. The second kappa shape index (κ2) is 7.54. The van der Waals surface area contributed by atoms with Crippen molar-refractivity contribution in [3.05, 3.63) is 29.8 Å². The zero-order valence-corrected chi connectivity index (χ0v) is 12.1. The second-order valence-electron chi connectivity index (χ2n) is 5.74. The summed E-state index contributed by atoms with van der Waals surface area (Å²) in [6.07, 6.45) is 8.54. The van der Waals surface area contributed by atoms with Gasteiger partial charge in [-0.2, -0.15) is 0 Å². The Morgan fingerprint density at radius 2 is 2.00 bits per heavy atom. The summed E-state index contributed by atoms with van der Waals surface area (Å²) in [7, 11) is 0. The third-order valence-electron chi connectivity index (χ3n) is 4.22. The van der Waals surface area contributed by atoms with Gasteiger partial charge in [-0.25, -0.2) is 0 Å². The van der Waals surface area contributed by atoms with Gasteiger partial charge in [0.1, 0.15) is 5.75 Å². The van der Waals surface area contributed by atoms with Crippen LogP contribution in [0.2, 0.25) is 0 Å². The van der Waals surface area contributed by atoms with Crippen LogP contribution in [-0.4, -0.2) is 12.6 Å². The van der Waals surface area contributed by atoms with Crippen molar-refractivity contribution < 1.29 is 4.74 Å². The molecule has 0 spiro atoms. The Bertz CT molecular complexity index is 360. The molecule has 0 heterocycles. The molecule has 2 nitrogen and oxygen atoms in total. The summed E-state index contributed by atoms with van der Waals surface area (Å²) < 4.78 is 5.82. The Morgan fingerprint density at radius 3 is 2.63 bits per heavy atom. The molecule has 1 aliphatic carbocycles. The van der Waals surface area contributed by atoms with Crippen molar-refractivity contribution in [1.29, 1.82) is 0 Å². The Morgan fingerprint density at radius 1 is 1.21 bits per heavy atom. The van der Waals surface area contributed by atoms with Crippen LogP contribution < -0.4 is 10.5 Å². The number of nitrogens with two attached hydrogens (primary N) is 1. The predicted molar refractivity (Wildman–Crippen MR) is 80.5 cm³/mol. The minimum atomic E-state index is 0.403. The molecule has 2 unspecified atom stereocenters. The lowest BCUT2D eigenvalue weighted by Gasteiger charge is -2.15. The van der Waals surface area contributed by atoms with Gasteiger partial charge >= 0.3 is 0 Å². The van der Waals surface area contributed by atoms with Gasteiger partial charge in [-0.05, 0) is 55.7 Å². The van der Waals surface area contributed by atoms with E-state index in [9.17, 15) is 0 Å². The molecule has 0 bridgehead atoms. The first-order chi connectivity index (χ1) is 9.29. The summed E-state index contributed by atoms with van der Waals surface area (Å²) in [5.74, 6) is 1.66. The molecule has 2 heteroatoms. The molecule has 2 rings (SSSR count). The first kappa shape index (κ1) is 14.4. The van der Waals surface area contributed by atoms with Crippen molar-refractivity contribution >= 4 is 0 Å². The van der Waals surface area contributed by atoms with Crippen LogP contribution in [0.1, 0.15) is 51.0 Å². The van der Waals surface area contributed by atoms with Crippen molar-refractivity contribution in [2.75, 3.05) is 6.61 Å². The Hall–Kier alpha value is -1.02. The number of unbranched alkanes of at least 4 members (excludes halogenated alkanes) is 1. The quantitative estimate of drug-likeness (QED) is 0.807. The van der Waals surface area contributed by atoms with E-state index in [1.54, 1.807) is 0 Å². The zero-order valence-electron chi connectivity index (χ0n) is 12.1. The van der Waals surface area contributed by atoms with E-state index in [1.165, 1.54) is 44.1 Å². The largest absolute Gasteiger partial charge is 0.494 e. The zero-order chi connectivity index (χ0) is 13.5. The number of hydrogen-bond donors (Lipinski definition) is 1. The maximum absolute atomic E-state index is 6.07. The summed E-state index contributed by atoms with van der Waals surface area (Å²) in [6, 6.07) is 8.97. The van der Waals surface area contributed by atoms with E-state index in [-0.39, 0.29) is 0 Å². The lowest BCUT2D eigenvalue weighted by Crippen LogP contribution is -2.25. The smallest absolute Gasteiger partial charge is 0.119 e. The average Bonchev–Trinajstić information content (AvgIpc) is 2.84. The normalized spacial score (nSPS) is 22.6. The van der Waals surface area contributed by atoms with Gasteiger partial charge in [-0.3, -0.25) is 0 Å². The van der Waals surface area contributed by atoms with Gasteiger partial charge in [0.25, 0.3) is 0 Å². The molecular weight excluding hydrogens is 234 g/mol. The number of hydrogen-bond acceptors (Lipinski definition) is 2. The molecule has 2 N–H and O–H groups in total. The standard InChI is InChI=1S/C17H27NO/c1-2-3-5-14-8-10-16(11-9-14)19-13-12-15-6-4-7-17(15)18/h8-11,15,17H,2-7,12-13,18H2,1H3. The second-order valence-corrected chi connectivity index (χ2v) is 5.74. The highest BCUT2D eigenvalue weighted by atomic mass is 16.5. The van der Waals surface area contributed by atoms with Crippen molar-refractivity contribution in [3.8, 4) is 5.75 Å². The van der Waals surface area contributed by atoms with Crippen LogP contribution in [0.5, 0.6) is 5.75 Å². The fourth-order valence-corrected chi connectivity index (χ4v) is 2.89. The summed E-state index contributed by atoms with van der Waals surface area (Å²) in [5, 5.41) is 0. The van der Waals surface area contributed by atoms with Crippen LogP contribution in [-0.2, 0) is 6.42 Å². The minimum absolute atomic E-state index is 0.403. The molecule has 0 aromatic heterocycles. The Kier molecular flexibility index (Phi) is 5.71. The molecule has 19 heavy (non-hydrogen) atoms. The SMILES string of the molecule is CCCCc1ccc(OCCC2CCCC2N)cc1. The molecule has 0 amide bonds. The summed E-state index contributed by atoms with van der Waals surface area (Å²) in [6.45, 7) is 3.03. The van der Waals surface area contributed by atoms with Crippen LogP contribution in [0.15, 0.2) is 24.3 Å². The Balaban J connectivity index is 1.70. The maximum atomic E-state index is 6.07. The Labute approximate surface area is 117 Å². The van der Waals surface area contributed by atoms with Crippen LogP contribution in [0.3, 0.4) is 0 Å². The average molecular weight is 261 g/mol. The van der Waals surface area contributed by atoms with E-state index < -0.39 is 0 Å². The monoisotopic (exact) mass is 261 g/mol. The number of benzene rings is 1. The highest BCUT2D eigenvalue weighted by molar-refractivity contribution is 5.27. The van der Waals surface area contributed by atoms with Crippen molar-refractivity contribution in [1.82, 2.24) is 0 Å². The first-order valence-corrected chi connectivity index (χ1v) is 7.77. The molecule has 1 saturated carbocycles. The molecule has 1 aliphatic rings. The lowest BCUT2D eigenvalue weighted by molar-refractivity contribution is 0.271. The number of aryl methyl sites for hydroxylation is 1. The molecule has 0 saturated heterocycles. The van der Waals surface area contributed by atoms with E-state index in [4.69, 9.17) is 10.5 Å².